The van der Waals surface area contributed by atoms with E-state index in [0.29, 0.717) is 60.6 Å². The van der Waals surface area contributed by atoms with Crippen molar-refractivity contribution in [1.29, 1.82) is 0 Å². The minimum Gasteiger partial charge on any atom is -0.395 e. The second kappa shape index (κ2) is 29.1. The molecule has 6 N–H and O–H groups in total. The number of nitrogens with one attached hydrogen (secondary N) is 4. The first-order valence-corrected chi connectivity index (χ1v) is 32.8. The maximum absolute atomic E-state index is 10.1. The molecule has 2 aromatic rings. The van der Waals surface area contributed by atoms with Crippen LogP contribution in [0.5, 0.6) is 0 Å². The predicted molar refractivity (Wildman–Crippen MR) is 348 cm³/mol. The van der Waals surface area contributed by atoms with Gasteiger partial charge < -0.3 is 60.6 Å². The highest BCUT2D eigenvalue weighted by molar-refractivity contribution is 5.47. The average molecular weight is 1210 g/mol. The molecule has 0 aromatic carbocycles. The van der Waals surface area contributed by atoms with Crippen LogP contribution in [0.15, 0.2) is 0 Å². The fourth-order valence-corrected chi connectivity index (χ4v) is 17.3. The van der Waals surface area contributed by atoms with E-state index >= 15 is 0 Å². The molecule has 6 rings (SSSR count). The molecule has 22 heteroatoms. The van der Waals surface area contributed by atoms with Crippen LogP contribution in [0.3, 0.4) is 0 Å². The molecule has 2 unspecified atom stereocenters. The number of hydrogen-bond acceptors (Lipinski definition) is 22. The lowest BCUT2D eigenvalue weighted by atomic mass is 9.71. The smallest absolute Gasteiger partial charge is 0.232 e. The molecule has 0 spiro atoms. The molecule has 4 aliphatic rings. The molecule has 0 saturated carbocycles. The van der Waals surface area contributed by atoms with Gasteiger partial charge >= 0.3 is 0 Å². The molecule has 4 fully saturated rings. The molecule has 0 radical (unpaired) electrons. The molecule has 0 bridgehead atoms. The third-order valence-electron chi connectivity index (χ3n) is 19.1. The Labute approximate surface area is 520 Å². The molecule has 0 aliphatic carbocycles. The van der Waals surface area contributed by atoms with Crippen LogP contribution in [0.2, 0.25) is 0 Å². The predicted octanol–water partition coefficient (Wildman–Crippen LogP) is 10.7. The van der Waals surface area contributed by atoms with Gasteiger partial charge in [0.15, 0.2) is 0 Å². The van der Waals surface area contributed by atoms with Crippen molar-refractivity contribution in [3.8, 4) is 0 Å². The SMILES string of the molecule is CCCC(Nc1nc(NCCO)nc(N(CCCCCCN(c2nc(NCCO)nc(NC(CCC)C3CC(C)(C)N(OC)C(C)(C)C3)n2)C2CC(C)(C)N(OC)C(C)(C)C2)C2CC(C)(C)N(OC)C(C)(C)C2)n1)C1CC(C)(C)N(OC)C(C)(C)C1. The number of anilines is 6. The van der Waals surface area contributed by atoms with Gasteiger partial charge in [-0.05, 0) is 200 Å². The van der Waals surface area contributed by atoms with Gasteiger partial charge in [0.05, 0.1) is 41.7 Å². The highest BCUT2D eigenvalue weighted by atomic mass is 16.7. The fourth-order valence-electron chi connectivity index (χ4n) is 17.3. The number of unbranched alkanes of at least 4 members (excludes halogenated alkanes) is 3. The van der Waals surface area contributed by atoms with Crippen molar-refractivity contribution in [1.82, 2.24) is 50.2 Å². The second-order valence-corrected chi connectivity index (χ2v) is 30.6. The molecule has 0 amide bonds. The van der Waals surface area contributed by atoms with Crippen LogP contribution in [0.25, 0.3) is 0 Å². The van der Waals surface area contributed by atoms with Crippen molar-refractivity contribution in [2.75, 3.05) is 98.9 Å². The summed E-state index contributed by atoms with van der Waals surface area (Å²) in [6.07, 6.45) is 14.9. The van der Waals surface area contributed by atoms with Gasteiger partial charge in [0.1, 0.15) is 0 Å². The van der Waals surface area contributed by atoms with Gasteiger partial charge in [-0.1, -0.05) is 39.5 Å². The van der Waals surface area contributed by atoms with Gasteiger partial charge in [0.2, 0.25) is 35.7 Å². The Hall–Kier alpha value is -3.58. The van der Waals surface area contributed by atoms with Gasteiger partial charge in [0.25, 0.3) is 0 Å². The average Bonchev–Trinajstić information content (AvgIpc) is 0.970. The largest absolute Gasteiger partial charge is 0.395 e. The first-order valence-electron chi connectivity index (χ1n) is 32.8. The second-order valence-electron chi connectivity index (χ2n) is 30.6. The van der Waals surface area contributed by atoms with E-state index in [0.717, 1.165) is 116 Å². The molecule has 2 aromatic heterocycles. The van der Waals surface area contributed by atoms with E-state index in [2.05, 4.69) is 176 Å². The topological polar surface area (TPSA) is 222 Å². The summed E-state index contributed by atoms with van der Waals surface area (Å²) in [7, 11) is 7.14. The number of nitrogens with zero attached hydrogens (tertiary/aromatic N) is 12. The number of aliphatic hydroxyl groups excluding tert-OH is 2. The van der Waals surface area contributed by atoms with Crippen molar-refractivity contribution in [2.45, 2.75) is 296 Å². The summed E-state index contributed by atoms with van der Waals surface area (Å²) in [6, 6.07) is 0.413. The third kappa shape index (κ3) is 17.3. The number of hydroxylamine groups is 8. The molecule has 494 valence electrons. The maximum Gasteiger partial charge on any atom is 0.232 e. The van der Waals surface area contributed by atoms with E-state index in [9.17, 15) is 10.2 Å². The fraction of sp³-hybridized carbons (Fsp3) is 0.906. The van der Waals surface area contributed by atoms with E-state index in [1.54, 1.807) is 28.4 Å². The number of aromatic nitrogens is 6. The van der Waals surface area contributed by atoms with Crippen LogP contribution >= 0.6 is 0 Å². The Balaban J connectivity index is 1.32. The summed E-state index contributed by atoms with van der Waals surface area (Å²) in [5.41, 5.74) is -1.87. The van der Waals surface area contributed by atoms with Gasteiger partial charge in [-0.3, -0.25) is 0 Å². The summed E-state index contributed by atoms with van der Waals surface area (Å²) in [4.78, 5) is 60.4. The Morgan fingerprint density at radius 3 is 0.942 bits per heavy atom. The third-order valence-corrected chi connectivity index (χ3v) is 19.1. The Bertz CT molecular complexity index is 2190. The molecule has 4 saturated heterocycles. The maximum atomic E-state index is 10.1. The van der Waals surface area contributed by atoms with Crippen molar-refractivity contribution < 1.29 is 29.6 Å². The molecule has 6 heterocycles. The van der Waals surface area contributed by atoms with Crippen molar-refractivity contribution >= 4 is 35.7 Å². The summed E-state index contributed by atoms with van der Waals surface area (Å²) in [5, 5.41) is 43.2. The quantitative estimate of drug-likeness (QED) is 0.0386. The van der Waals surface area contributed by atoms with Crippen LogP contribution < -0.4 is 31.1 Å². The highest BCUT2D eigenvalue weighted by Gasteiger charge is 2.52. The Morgan fingerprint density at radius 1 is 0.419 bits per heavy atom. The van der Waals surface area contributed by atoms with E-state index in [-0.39, 0.29) is 81.7 Å². The van der Waals surface area contributed by atoms with Crippen LogP contribution in [0.4, 0.5) is 35.7 Å². The van der Waals surface area contributed by atoms with E-state index in [1.807, 2.05) is 0 Å². The van der Waals surface area contributed by atoms with Crippen molar-refractivity contribution in [3.63, 3.8) is 0 Å². The Kier molecular flexibility index (Phi) is 24.2. The van der Waals surface area contributed by atoms with Gasteiger partial charge in [-0.15, -0.1) is 0 Å². The molecule has 4 aliphatic heterocycles. The van der Waals surface area contributed by atoms with Gasteiger partial charge in [-0.2, -0.15) is 50.2 Å². The van der Waals surface area contributed by atoms with Crippen molar-refractivity contribution in [3.05, 3.63) is 0 Å². The standard InChI is InChI=1S/C64H122N16O6/c1-23-29-49(45-37-57(3,4)77(83-19)58(5,6)38-45)67-53-69-51(65-31-35-81)71-55(73-53)75(47-41-61(11,12)79(85-21)62(13,14)42-47)33-27-25-26-28-34-76(48-43-63(15,16)80(86-22)64(17,18)44-48)56-72-52(66-32-36-82)70-54(74-56)68-50(30-24-2)46-39-59(7,8)78(84-20)60(9,10)40-46/h45-50,81-82H,23-44H2,1-22H3,(H2,65,67,69,71,73)(H2,66,68,70,72,74). The molecule has 86 heavy (non-hydrogen) atoms. The van der Waals surface area contributed by atoms with E-state index < -0.39 is 0 Å². The lowest BCUT2D eigenvalue weighted by Crippen LogP contribution is -2.64. The summed E-state index contributed by atoms with van der Waals surface area (Å²) in [5.74, 6) is 3.94. The summed E-state index contributed by atoms with van der Waals surface area (Å²) in [6.45, 7) is 42.9. The van der Waals surface area contributed by atoms with E-state index in [4.69, 9.17) is 49.3 Å². The first-order chi connectivity index (χ1) is 40.2. The summed E-state index contributed by atoms with van der Waals surface area (Å²) < 4.78 is 0. The van der Waals surface area contributed by atoms with Gasteiger partial charge in [0, 0.05) is 94.7 Å². The normalized spacial score (nSPS) is 23.4. The van der Waals surface area contributed by atoms with Crippen LogP contribution in [0, 0.1) is 11.8 Å². The zero-order valence-corrected chi connectivity index (χ0v) is 57.9. The van der Waals surface area contributed by atoms with Crippen molar-refractivity contribution in [2.24, 2.45) is 11.8 Å². The van der Waals surface area contributed by atoms with Crippen LogP contribution in [-0.4, -0.2) is 197 Å². The number of rotatable bonds is 31. The van der Waals surface area contributed by atoms with E-state index in [1.165, 1.54) is 0 Å². The molecule has 2 atom stereocenters. The van der Waals surface area contributed by atoms with Crippen LogP contribution in [-0.2, 0) is 19.4 Å². The lowest BCUT2D eigenvalue weighted by molar-refractivity contribution is -0.272. The Morgan fingerprint density at radius 2 is 0.686 bits per heavy atom. The molecular weight excluding hydrogens is 1090 g/mol. The zero-order chi connectivity index (χ0) is 63.8. The van der Waals surface area contributed by atoms with Gasteiger partial charge in [-0.25, -0.2) is 0 Å². The number of hydrogen-bond donors (Lipinski definition) is 6. The minimum absolute atomic E-state index is 0.0513. The monoisotopic (exact) mass is 1210 g/mol. The molecule has 22 nitrogen and oxygen atoms in total. The lowest BCUT2D eigenvalue weighted by Gasteiger charge is -2.55. The molecular formula is C64H122N16O6. The highest BCUT2D eigenvalue weighted by Crippen LogP contribution is 2.47. The zero-order valence-electron chi connectivity index (χ0n) is 57.9. The van der Waals surface area contributed by atoms with Crippen LogP contribution in [0.1, 0.15) is 227 Å². The number of aliphatic hydroxyl groups is 2. The number of piperidine rings is 4. The first kappa shape index (κ1) is 71.5. The summed E-state index contributed by atoms with van der Waals surface area (Å²) >= 11 is 0. The minimum atomic E-state index is -0.287.